The van der Waals surface area contributed by atoms with Crippen molar-refractivity contribution in [3.05, 3.63) is 64.0 Å². The van der Waals surface area contributed by atoms with Gasteiger partial charge in [-0.15, -0.1) is 11.3 Å². The first kappa shape index (κ1) is 17.3. The molecule has 1 heterocycles. The molecule has 2 aromatic carbocycles. The van der Waals surface area contributed by atoms with Crippen LogP contribution in [0, 0.1) is 6.92 Å². The minimum absolute atomic E-state index is 0.0210. The van der Waals surface area contributed by atoms with E-state index in [0.29, 0.717) is 5.56 Å². The molecule has 7 heteroatoms. The summed E-state index contributed by atoms with van der Waals surface area (Å²) in [5.41, 5.74) is 0.707. The Balaban J connectivity index is 1.91. The third-order valence-corrected chi connectivity index (χ3v) is 4.84. The number of carboxylic acid groups (broad SMARTS) is 1. The SMILES string of the molecule is Cc1csc2ccc(C(=O)O)c(OCc3ccc(C(F)(F)F)cc3)c12. The molecule has 0 saturated carbocycles. The first-order valence-corrected chi connectivity index (χ1v) is 8.18. The summed E-state index contributed by atoms with van der Waals surface area (Å²) in [6.45, 7) is 1.84. The minimum Gasteiger partial charge on any atom is -0.487 e. The number of carbonyl (C=O) groups is 1. The van der Waals surface area contributed by atoms with Gasteiger partial charge in [0.05, 0.1) is 5.56 Å². The van der Waals surface area contributed by atoms with E-state index in [4.69, 9.17) is 4.74 Å². The molecule has 0 saturated heterocycles. The van der Waals surface area contributed by atoms with Crippen LogP contribution in [0.2, 0.25) is 0 Å². The van der Waals surface area contributed by atoms with E-state index in [1.165, 1.54) is 29.5 Å². The zero-order valence-corrected chi connectivity index (χ0v) is 13.9. The largest absolute Gasteiger partial charge is 0.487 e. The maximum Gasteiger partial charge on any atom is 0.416 e. The number of alkyl halides is 3. The van der Waals surface area contributed by atoms with Crippen molar-refractivity contribution in [1.82, 2.24) is 0 Å². The average Bonchev–Trinajstić information content (AvgIpc) is 2.93. The number of rotatable bonds is 4. The summed E-state index contributed by atoms with van der Waals surface area (Å²) in [5.74, 6) is -0.876. The molecule has 3 aromatic rings. The van der Waals surface area contributed by atoms with Gasteiger partial charge >= 0.3 is 12.1 Å². The predicted molar refractivity (Wildman–Crippen MR) is 89.3 cm³/mol. The number of aryl methyl sites for hydroxylation is 1. The fourth-order valence-electron chi connectivity index (χ4n) is 2.51. The van der Waals surface area contributed by atoms with Crippen molar-refractivity contribution in [3.63, 3.8) is 0 Å². The van der Waals surface area contributed by atoms with E-state index < -0.39 is 17.7 Å². The molecule has 0 unspecified atom stereocenters. The van der Waals surface area contributed by atoms with Crippen LogP contribution in [0.25, 0.3) is 10.1 Å². The first-order chi connectivity index (χ1) is 11.8. The monoisotopic (exact) mass is 366 g/mol. The fraction of sp³-hybridized carbons (Fsp3) is 0.167. The van der Waals surface area contributed by atoms with Gasteiger partial charge in [-0.1, -0.05) is 12.1 Å². The lowest BCUT2D eigenvalue weighted by molar-refractivity contribution is -0.137. The fourth-order valence-corrected chi connectivity index (χ4v) is 3.45. The molecule has 0 radical (unpaired) electrons. The van der Waals surface area contributed by atoms with Gasteiger partial charge < -0.3 is 9.84 Å². The lowest BCUT2D eigenvalue weighted by Gasteiger charge is -2.12. The van der Waals surface area contributed by atoms with Crippen LogP contribution < -0.4 is 4.74 Å². The number of thiophene rings is 1. The molecule has 0 atom stereocenters. The number of halogens is 3. The normalized spacial score (nSPS) is 11.7. The molecule has 1 N–H and O–H groups in total. The zero-order valence-electron chi connectivity index (χ0n) is 13.1. The predicted octanol–water partition coefficient (Wildman–Crippen LogP) is 5.51. The Morgan fingerprint density at radius 2 is 1.84 bits per heavy atom. The maximum atomic E-state index is 12.6. The van der Waals surface area contributed by atoms with Crippen LogP contribution in [0.3, 0.4) is 0 Å². The second kappa shape index (κ2) is 6.40. The van der Waals surface area contributed by atoms with Crippen molar-refractivity contribution in [2.75, 3.05) is 0 Å². The van der Waals surface area contributed by atoms with E-state index in [1.807, 2.05) is 12.3 Å². The van der Waals surface area contributed by atoms with Crippen LogP contribution in [0.15, 0.2) is 41.8 Å². The van der Waals surface area contributed by atoms with Crippen molar-refractivity contribution in [2.45, 2.75) is 19.7 Å². The van der Waals surface area contributed by atoms with Gasteiger partial charge in [-0.3, -0.25) is 0 Å². The van der Waals surface area contributed by atoms with Crippen molar-refractivity contribution in [3.8, 4) is 5.75 Å². The summed E-state index contributed by atoms with van der Waals surface area (Å²) in [7, 11) is 0. The van der Waals surface area contributed by atoms with Gasteiger partial charge in [0.15, 0.2) is 0 Å². The molecular weight excluding hydrogens is 353 g/mol. The van der Waals surface area contributed by atoms with Gasteiger partial charge in [0, 0.05) is 10.1 Å². The van der Waals surface area contributed by atoms with Crippen molar-refractivity contribution >= 4 is 27.4 Å². The van der Waals surface area contributed by atoms with Crippen LogP contribution in [-0.4, -0.2) is 11.1 Å². The number of benzene rings is 2. The molecule has 3 nitrogen and oxygen atoms in total. The Bertz CT molecular complexity index is 927. The van der Waals surface area contributed by atoms with Gasteiger partial charge in [0.25, 0.3) is 0 Å². The summed E-state index contributed by atoms with van der Waals surface area (Å²) in [5, 5.41) is 12.0. The lowest BCUT2D eigenvalue weighted by atomic mass is 10.1. The van der Waals surface area contributed by atoms with Crippen LogP contribution in [-0.2, 0) is 12.8 Å². The van der Waals surface area contributed by atoms with Crippen LogP contribution in [0.5, 0.6) is 5.75 Å². The Morgan fingerprint density at radius 1 is 1.16 bits per heavy atom. The van der Waals surface area contributed by atoms with E-state index in [1.54, 1.807) is 6.07 Å². The number of hydrogen-bond donors (Lipinski definition) is 1. The second-order valence-corrected chi connectivity index (χ2v) is 6.43. The van der Waals surface area contributed by atoms with Crippen molar-refractivity contribution in [1.29, 1.82) is 0 Å². The highest BCUT2D eigenvalue weighted by atomic mass is 32.1. The van der Waals surface area contributed by atoms with E-state index in [-0.39, 0.29) is 17.9 Å². The Hall–Kier alpha value is -2.54. The molecule has 0 bridgehead atoms. The summed E-state index contributed by atoms with van der Waals surface area (Å²) in [6.07, 6.45) is -4.39. The Labute approximate surface area is 145 Å². The second-order valence-electron chi connectivity index (χ2n) is 5.52. The zero-order chi connectivity index (χ0) is 18.2. The first-order valence-electron chi connectivity index (χ1n) is 7.30. The van der Waals surface area contributed by atoms with E-state index in [9.17, 15) is 23.1 Å². The van der Waals surface area contributed by atoms with Gasteiger partial charge in [0.1, 0.15) is 17.9 Å². The Kier molecular flexibility index (Phi) is 4.43. The molecule has 0 amide bonds. The topological polar surface area (TPSA) is 46.5 Å². The number of ether oxygens (including phenoxy) is 1. The number of fused-ring (bicyclic) bond motifs is 1. The highest BCUT2D eigenvalue weighted by Crippen LogP contribution is 2.37. The molecule has 1 aromatic heterocycles. The molecule has 0 fully saturated rings. The van der Waals surface area contributed by atoms with Crippen LogP contribution >= 0.6 is 11.3 Å². The van der Waals surface area contributed by atoms with E-state index >= 15 is 0 Å². The summed E-state index contributed by atoms with van der Waals surface area (Å²) >= 11 is 1.48. The summed E-state index contributed by atoms with van der Waals surface area (Å²) < 4.78 is 44.4. The van der Waals surface area contributed by atoms with E-state index in [2.05, 4.69) is 0 Å². The molecule has 0 aliphatic carbocycles. The van der Waals surface area contributed by atoms with Gasteiger partial charge in [-0.05, 0) is 47.7 Å². The molecule has 0 aliphatic heterocycles. The number of hydrogen-bond acceptors (Lipinski definition) is 3. The standard InChI is InChI=1S/C18H13F3O3S/c1-10-9-25-14-7-6-13(17(22)23)16(15(10)14)24-8-11-2-4-12(5-3-11)18(19,20)21/h2-7,9H,8H2,1H3,(H,22,23). The maximum absolute atomic E-state index is 12.6. The highest BCUT2D eigenvalue weighted by molar-refractivity contribution is 7.17. The quantitative estimate of drug-likeness (QED) is 0.663. The molecule has 3 rings (SSSR count). The lowest BCUT2D eigenvalue weighted by Crippen LogP contribution is -2.06. The highest BCUT2D eigenvalue weighted by Gasteiger charge is 2.30. The van der Waals surface area contributed by atoms with Crippen molar-refractivity contribution in [2.24, 2.45) is 0 Å². The minimum atomic E-state index is -4.39. The average molecular weight is 366 g/mol. The molecule has 0 aliphatic rings. The third-order valence-electron chi connectivity index (χ3n) is 3.77. The number of carboxylic acids is 1. The van der Waals surface area contributed by atoms with Crippen LogP contribution in [0.4, 0.5) is 13.2 Å². The molecular formula is C18H13F3O3S. The molecule has 130 valence electrons. The summed E-state index contributed by atoms with van der Waals surface area (Å²) in [4.78, 5) is 11.5. The van der Waals surface area contributed by atoms with Crippen molar-refractivity contribution < 1.29 is 27.8 Å². The molecule has 25 heavy (non-hydrogen) atoms. The van der Waals surface area contributed by atoms with Gasteiger partial charge in [-0.25, -0.2) is 4.79 Å². The third kappa shape index (κ3) is 3.46. The summed E-state index contributed by atoms with van der Waals surface area (Å²) in [6, 6.07) is 7.80. The molecule has 0 spiro atoms. The van der Waals surface area contributed by atoms with Gasteiger partial charge in [0.2, 0.25) is 0 Å². The Morgan fingerprint density at radius 3 is 2.44 bits per heavy atom. The number of aromatic carboxylic acids is 1. The van der Waals surface area contributed by atoms with Crippen LogP contribution in [0.1, 0.15) is 27.0 Å². The van der Waals surface area contributed by atoms with E-state index in [0.717, 1.165) is 27.8 Å². The smallest absolute Gasteiger partial charge is 0.416 e. The van der Waals surface area contributed by atoms with Gasteiger partial charge in [-0.2, -0.15) is 13.2 Å².